The Morgan fingerprint density at radius 2 is 1.68 bits per heavy atom. The minimum Gasteiger partial charge on any atom is -0.354 e. The van der Waals surface area contributed by atoms with Gasteiger partial charge in [0.15, 0.2) is 0 Å². The van der Waals surface area contributed by atoms with Crippen LogP contribution >= 0.6 is 0 Å². The highest BCUT2D eigenvalue weighted by molar-refractivity contribution is 5.83. The first-order valence-electron chi connectivity index (χ1n) is 7.56. The van der Waals surface area contributed by atoms with E-state index in [1.165, 1.54) is 10.5 Å². The molecule has 2 amide bonds. The number of hydrogen-bond donors (Lipinski definition) is 1. The number of rotatable bonds is 7. The normalized spacial score (nSPS) is 13.5. The molecule has 0 spiro atoms. The number of benzene rings is 1. The molecule has 0 saturated heterocycles. The molecule has 0 aromatic heterocycles. The third kappa shape index (κ3) is 5.48. The van der Waals surface area contributed by atoms with Crippen molar-refractivity contribution in [1.29, 1.82) is 0 Å². The fraction of sp³-hybridized carbons (Fsp3) is 0.529. The monoisotopic (exact) mass is 305 g/mol. The number of carbonyl (C=O) groups excluding carboxylic acids is 2. The Bertz CT molecular complexity index is 488. The molecule has 5 heteroatoms. The molecule has 0 aliphatic carbocycles. The predicted molar refractivity (Wildman–Crippen MR) is 88.7 cm³/mol. The summed E-state index contributed by atoms with van der Waals surface area (Å²) in [5, 5.41) is 2.96. The lowest BCUT2D eigenvalue weighted by Gasteiger charge is -2.25. The zero-order valence-electron chi connectivity index (χ0n) is 14.2. The lowest BCUT2D eigenvalue weighted by molar-refractivity contribution is -0.132. The van der Waals surface area contributed by atoms with Gasteiger partial charge in [-0.15, -0.1) is 0 Å². The molecule has 0 fully saturated rings. The van der Waals surface area contributed by atoms with Crippen molar-refractivity contribution in [2.24, 2.45) is 0 Å². The number of likely N-dealkylation sites (N-methyl/N-ethyl adjacent to an activating group) is 2. The average molecular weight is 305 g/mol. The molecular weight excluding hydrogens is 278 g/mol. The van der Waals surface area contributed by atoms with Gasteiger partial charge in [0, 0.05) is 20.6 Å². The van der Waals surface area contributed by atoms with E-state index in [1.807, 2.05) is 25.1 Å². The van der Waals surface area contributed by atoms with Crippen LogP contribution in [-0.4, -0.2) is 61.9 Å². The second-order valence-electron chi connectivity index (χ2n) is 5.94. The largest absolute Gasteiger partial charge is 0.354 e. The third-order valence-corrected chi connectivity index (χ3v) is 3.88. The minimum absolute atomic E-state index is 0.0141. The van der Waals surface area contributed by atoms with Gasteiger partial charge in [0.25, 0.3) is 0 Å². The molecule has 2 unspecified atom stereocenters. The van der Waals surface area contributed by atoms with Gasteiger partial charge in [-0.1, -0.05) is 37.3 Å². The van der Waals surface area contributed by atoms with E-state index in [-0.39, 0.29) is 30.3 Å². The summed E-state index contributed by atoms with van der Waals surface area (Å²) in [6.45, 7) is 4.71. The van der Waals surface area contributed by atoms with E-state index in [2.05, 4.69) is 24.4 Å². The number of hydrogen-bond acceptors (Lipinski definition) is 3. The summed E-state index contributed by atoms with van der Waals surface area (Å²) in [7, 11) is 5.21. The van der Waals surface area contributed by atoms with E-state index in [1.54, 1.807) is 26.0 Å². The standard InChI is InChI=1S/C17H27N3O2/c1-13(15-9-7-6-8-10-15)11-18-17(22)14(2)20(5)12-16(21)19(3)4/h6-10,13-14H,11-12H2,1-5H3,(H,18,22). The molecule has 0 bridgehead atoms. The number of nitrogens with zero attached hydrogens (tertiary/aromatic N) is 2. The van der Waals surface area contributed by atoms with Crippen LogP contribution in [0.1, 0.15) is 25.3 Å². The molecule has 5 nitrogen and oxygen atoms in total. The Balaban J connectivity index is 2.45. The lowest BCUT2D eigenvalue weighted by Crippen LogP contribution is -2.47. The first-order valence-corrected chi connectivity index (χ1v) is 7.56. The van der Waals surface area contributed by atoms with Gasteiger partial charge in [-0.25, -0.2) is 0 Å². The van der Waals surface area contributed by atoms with Crippen molar-refractivity contribution < 1.29 is 9.59 Å². The maximum atomic E-state index is 12.2. The van der Waals surface area contributed by atoms with Crippen LogP contribution in [-0.2, 0) is 9.59 Å². The van der Waals surface area contributed by atoms with Crippen LogP contribution in [0.5, 0.6) is 0 Å². The molecule has 1 aromatic carbocycles. The SMILES string of the molecule is CC(CNC(=O)C(C)N(C)CC(=O)N(C)C)c1ccccc1. The average Bonchev–Trinajstić information content (AvgIpc) is 2.51. The molecule has 0 aliphatic rings. The lowest BCUT2D eigenvalue weighted by atomic mass is 10.0. The van der Waals surface area contributed by atoms with Gasteiger partial charge in [0.05, 0.1) is 12.6 Å². The van der Waals surface area contributed by atoms with Crippen LogP contribution in [0.2, 0.25) is 0 Å². The maximum absolute atomic E-state index is 12.2. The Labute approximate surface area is 133 Å². The van der Waals surface area contributed by atoms with Gasteiger partial charge < -0.3 is 10.2 Å². The zero-order valence-corrected chi connectivity index (χ0v) is 14.2. The fourth-order valence-corrected chi connectivity index (χ4v) is 1.99. The van der Waals surface area contributed by atoms with E-state index >= 15 is 0 Å². The van der Waals surface area contributed by atoms with Crippen molar-refractivity contribution in [1.82, 2.24) is 15.1 Å². The van der Waals surface area contributed by atoms with Crippen molar-refractivity contribution in [3.8, 4) is 0 Å². The molecule has 1 aromatic rings. The van der Waals surface area contributed by atoms with Crippen molar-refractivity contribution in [3.05, 3.63) is 35.9 Å². The molecule has 0 aliphatic heterocycles. The van der Waals surface area contributed by atoms with Crippen molar-refractivity contribution >= 4 is 11.8 Å². The van der Waals surface area contributed by atoms with Crippen LogP contribution in [0.3, 0.4) is 0 Å². The van der Waals surface area contributed by atoms with Crippen LogP contribution in [0, 0.1) is 0 Å². The molecule has 0 saturated carbocycles. The first kappa shape index (κ1) is 18.2. The summed E-state index contributed by atoms with van der Waals surface area (Å²) in [6, 6.07) is 9.75. The second-order valence-corrected chi connectivity index (χ2v) is 5.94. The molecule has 22 heavy (non-hydrogen) atoms. The van der Waals surface area contributed by atoms with Gasteiger partial charge in [-0.05, 0) is 25.5 Å². The summed E-state index contributed by atoms with van der Waals surface area (Å²) in [6.07, 6.45) is 0. The van der Waals surface area contributed by atoms with Crippen LogP contribution in [0.25, 0.3) is 0 Å². The van der Waals surface area contributed by atoms with Crippen LogP contribution in [0.4, 0.5) is 0 Å². The molecule has 0 radical (unpaired) electrons. The Hall–Kier alpha value is -1.88. The highest BCUT2D eigenvalue weighted by atomic mass is 16.2. The number of nitrogens with one attached hydrogen (secondary N) is 1. The van der Waals surface area contributed by atoms with Gasteiger partial charge in [-0.3, -0.25) is 14.5 Å². The number of amides is 2. The number of carbonyl (C=O) groups is 2. The summed E-state index contributed by atoms with van der Waals surface area (Å²) in [5.74, 6) is 0.183. The Morgan fingerprint density at radius 1 is 1.09 bits per heavy atom. The topological polar surface area (TPSA) is 52.7 Å². The van der Waals surface area contributed by atoms with E-state index in [4.69, 9.17) is 0 Å². The van der Waals surface area contributed by atoms with E-state index in [9.17, 15) is 9.59 Å². The predicted octanol–water partition coefficient (Wildman–Crippen LogP) is 1.31. The van der Waals surface area contributed by atoms with Gasteiger partial charge in [0.1, 0.15) is 0 Å². The van der Waals surface area contributed by atoms with Gasteiger partial charge in [-0.2, -0.15) is 0 Å². The third-order valence-electron chi connectivity index (χ3n) is 3.88. The van der Waals surface area contributed by atoms with Crippen LogP contribution in [0.15, 0.2) is 30.3 Å². The highest BCUT2D eigenvalue weighted by Crippen LogP contribution is 2.13. The molecule has 1 N–H and O–H groups in total. The highest BCUT2D eigenvalue weighted by Gasteiger charge is 2.21. The summed E-state index contributed by atoms with van der Waals surface area (Å²) < 4.78 is 0. The van der Waals surface area contributed by atoms with Crippen LogP contribution < -0.4 is 5.32 Å². The smallest absolute Gasteiger partial charge is 0.237 e. The van der Waals surface area contributed by atoms with E-state index < -0.39 is 0 Å². The molecule has 122 valence electrons. The summed E-state index contributed by atoms with van der Waals surface area (Å²) in [5.41, 5.74) is 1.20. The van der Waals surface area contributed by atoms with Crippen molar-refractivity contribution in [2.75, 3.05) is 34.2 Å². The first-order chi connectivity index (χ1) is 10.3. The van der Waals surface area contributed by atoms with Crippen molar-refractivity contribution in [3.63, 3.8) is 0 Å². The summed E-state index contributed by atoms with van der Waals surface area (Å²) >= 11 is 0. The molecule has 0 heterocycles. The molecule has 2 atom stereocenters. The van der Waals surface area contributed by atoms with Crippen molar-refractivity contribution in [2.45, 2.75) is 25.8 Å². The Morgan fingerprint density at radius 3 is 2.23 bits per heavy atom. The minimum atomic E-state index is -0.341. The summed E-state index contributed by atoms with van der Waals surface area (Å²) in [4.78, 5) is 27.2. The molecular formula is C17H27N3O2. The van der Waals surface area contributed by atoms with Gasteiger partial charge >= 0.3 is 0 Å². The molecule has 1 rings (SSSR count). The Kier molecular flexibility index (Phi) is 7.05. The maximum Gasteiger partial charge on any atom is 0.237 e. The van der Waals surface area contributed by atoms with E-state index in [0.29, 0.717) is 6.54 Å². The van der Waals surface area contributed by atoms with Gasteiger partial charge in [0.2, 0.25) is 11.8 Å². The fourth-order valence-electron chi connectivity index (χ4n) is 1.99. The quantitative estimate of drug-likeness (QED) is 0.826. The second kappa shape index (κ2) is 8.54. The van der Waals surface area contributed by atoms with E-state index in [0.717, 1.165) is 0 Å². The zero-order chi connectivity index (χ0) is 16.7.